The summed E-state index contributed by atoms with van der Waals surface area (Å²) in [7, 11) is 3.16. The van der Waals surface area contributed by atoms with E-state index in [1.165, 1.54) is 15.2 Å². The standard InChI is InChI=1S/C29H32N2O6/c1-29(2,3)37-27(33)9-7-6-8-23-18-26(32)31(20-22-12-16-25(36-5)17-13-22)28(34)30(23)19-21-10-14-24(35-4)15-11-21/h10-18H,7,9,19-20H2,1-5H3. The van der Waals surface area contributed by atoms with E-state index < -0.39 is 16.9 Å². The number of benzene rings is 2. The Morgan fingerprint density at radius 1 is 0.838 bits per heavy atom. The third-order valence-electron chi connectivity index (χ3n) is 5.37. The van der Waals surface area contributed by atoms with Crippen LogP contribution in [0.3, 0.4) is 0 Å². The number of methoxy groups -OCH3 is 2. The fraction of sp³-hybridized carbons (Fsp3) is 0.345. The molecule has 8 heteroatoms. The molecule has 0 radical (unpaired) electrons. The highest BCUT2D eigenvalue weighted by Crippen LogP contribution is 2.14. The molecule has 3 rings (SSSR count). The maximum Gasteiger partial charge on any atom is 0.332 e. The average molecular weight is 505 g/mol. The van der Waals surface area contributed by atoms with E-state index >= 15 is 0 Å². The van der Waals surface area contributed by atoms with Gasteiger partial charge in [0.1, 0.15) is 22.8 Å². The number of hydrogen-bond donors (Lipinski definition) is 0. The molecule has 0 saturated carbocycles. The van der Waals surface area contributed by atoms with Crippen LogP contribution in [0.2, 0.25) is 0 Å². The largest absolute Gasteiger partial charge is 0.497 e. The van der Waals surface area contributed by atoms with Crippen LogP contribution in [0.25, 0.3) is 0 Å². The zero-order valence-electron chi connectivity index (χ0n) is 21.9. The molecule has 0 atom stereocenters. The number of carbonyl (C=O) groups excluding carboxylic acids is 1. The third kappa shape index (κ3) is 7.87. The Morgan fingerprint density at radius 2 is 1.35 bits per heavy atom. The van der Waals surface area contributed by atoms with Crippen molar-refractivity contribution in [3.05, 3.63) is 92.3 Å². The second-order valence-corrected chi connectivity index (χ2v) is 9.41. The maximum absolute atomic E-state index is 13.5. The summed E-state index contributed by atoms with van der Waals surface area (Å²) in [6.45, 7) is 5.72. The number of nitrogens with zero attached hydrogens (tertiary/aromatic N) is 2. The maximum atomic E-state index is 13.5. The van der Waals surface area contributed by atoms with Gasteiger partial charge in [-0.25, -0.2) is 4.79 Å². The van der Waals surface area contributed by atoms with Crippen molar-refractivity contribution in [1.29, 1.82) is 0 Å². The molecule has 0 aliphatic heterocycles. The molecule has 8 nitrogen and oxygen atoms in total. The van der Waals surface area contributed by atoms with Gasteiger partial charge in [0.15, 0.2) is 0 Å². The first-order chi connectivity index (χ1) is 17.6. The Bertz CT molecular complexity index is 1400. The fourth-order valence-corrected chi connectivity index (χ4v) is 3.55. The summed E-state index contributed by atoms with van der Waals surface area (Å²) in [6.07, 6.45) is 0.349. The number of aromatic nitrogens is 2. The Morgan fingerprint density at radius 3 is 1.84 bits per heavy atom. The molecule has 0 aliphatic rings. The van der Waals surface area contributed by atoms with Crippen molar-refractivity contribution in [3.8, 4) is 23.3 Å². The first kappa shape index (κ1) is 27.3. The average Bonchev–Trinajstić information content (AvgIpc) is 2.86. The van der Waals surface area contributed by atoms with Crippen LogP contribution < -0.4 is 20.7 Å². The number of esters is 1. The van der Waals surface area contributed by atoms with Gasteiger partial charge in [-0.1, -0.05) is 30.2 Å². The molecule has 1 aromatic heterocycles. The van der Waals surface area contributed by atoms with Crippen molar-refractivity contribution < 1.29 is 19.0 Å². The van der Waals surface area contributed by atoms with Crippen molar-refractivity contribution in [2.45, 2.75) is 52.3 Å². The van der Waals surface area contributed by atoms with Crippen LogP contribution in [0.1, 0.15) is 50.4 Å². The lowest BCUT2D eigenvalue weighted by atomic mass is 10.2. The molecular weight excluding hydrogens is 472 g/mol. The van der Waals surface area contributed by atoms with Crippen molar-refractivity contribution in [2.24, 2.45) is 0 Å². The molecular formula is C29H32N2O6. The van der Waals surface area contributed by atoms with Gasteiger partial charge in [0, 0.05) is 12.5 Å². The molecule has 0 aliphatic carbocycles. The molecule has 0 amide bonds. The van der Waals surface area contributed by atoms with E-state index in [9.17, 15) is 14.4 Å². The number of hydrogen-bond acceptors (Lipinski definition) is 6. The summed E-state index contributed by atoms with van der Waals surface area (Å²) in [5, 5.41) is 0. The number of ether oxygens (including phenoxy) is 3. The Hall–Kier alpha value is -4.25. The predicted molar refractivity (Wildman–Crippen MR) is 141 cm³/mol. The van der Waals surface area contributed by atoms with Crippen molar-refractivity contribution in [3.63, 3.8) is 0 Å². The van der Waals surface area contributed by atoms with Gasteiger partial charge in [-0.3, -0.25) is 18.7 Å². The normalized spacial score (nSPS) is 10.8. The van der Waals surface area contributed by atoms with Gasteiger partial charge < -0.3 is 14.2 Å². The molecule has 0 unspecified atom stereocenters. The van der Waals surface area contributed by atoms with E-state index in [0.29, 0.717) is 11.5 Å². The smallest absolute Gasteiger partial charge is 0.332 e. The zero-order valence-corrected chi connectivity index (χ0v) is 21.9. The first-order valence-electron chi connectivity index (χ1n) is 11.9. The van der Waals surface area contributed by atoms with Crippen LogP contribution in [-0.4, -0.2) is 34.9 Å². The molecule has 0 bridgehead atoms. The van der Waals surface area contributed by atoms with Crippen LogP contribution >= 0.6 is 0 Å². The fourth-order valence-electron chi connectivity index (χ4n) is 3.55. The monoisotopic (exact) mass is 504 g/mol. The van der Waals surface area contributed by atoms with Gasteiger partial charge in [0.05, 0.1) is 33.7 Å². The van der Waals surface area contributed by atoms with E-state index in [0.717, 1.165) is 11.1 Å². The van der Waals surface area contributed by atoms with Crippen LogP contribution in [-0.2, 0) is 22.6 Å². The summed E-state index contributed by atoms with van der Waals surface area (Å²) >= 11 is 0. The van der Waals surface area contributed by atoms with E-state index in [1.807, 2.05) is 24.3 Å². The summed E-state index contributed by atoms with van der Waals surface area (Å²) in [5.41, 5.74) is 0.402. The van der Waals surface area contributed by atoms with Gasteiger partial charge in [-0.2, -0.15) is 0 Å². The lowest BCUT2D eigenvalue weighted by Gasteiger charge is -2.18. The van der Waals surface area contributed by atoms with Crippen LogP contribution in [0, 0.1) is 11.8 Å². The number of carbonyl (C=O) groups is 1. The second-order valence-electron chi connectivity index (χ2n) is 9.41. The SMILES string of the molecule is COc1ccc(Cn2c(C#CCCC(=O)OC(C)(C)C)cc(=O)n(Cc3ccc(OC)cc3)c2=O)cc1. The van der Waals surface area contributed by atoms with Crippen molar-refractivity contribution in [1.82, 2.24) is 9.13 Å². The van der Waals surface area contributed by atoms with Crippen molar-refractivity contribution >= 4 is 5.97 Å². The third-order valence-corrected chi connectivity index (χ3v) is 5.37. The Labute approximate surface area is 216 Å². The van der Waals surface area contributed by atoms with E-state index in [4.69, 9.17) is 14.2 Å². The quantitative estimate of drug-likeness (QED) is 0.344. The van der Waals surface area contributed by atoms with Gasteiger partial charge in [0.25, 0.3) is 5.56 Å². The molecule has 0 fully saturated rings. The van der Waals surface area contributed by atoms with E-state index in [-0.39, 0.29) is 37.6 Å². The first-order valence-corrected chi connectivity index (χ1v) is 11.9. The van der Waals surface area contributed by atoms with E-state index in [2.05, 4.69) is 11.8 Å². The Kier molecular flexibility index (Phi) is 8.96. The molecule has 0 spiro atoms. The summed E-state index contributed by atoms with van der Waals surface area (Å²) in [4.78, 5) is 38.4. The lowest BCUT2D eigenvalue weighted by molar-refractivity contribution is -0.154. The highest BCUT2D eigenvalue weighted by molar-refractivity contribution is 5.70. The topological polar surface area (TPSA) is 88.8 Å². The summed E-state index contributed by atoms with van der Waals surface area (Å²) < 4.78 is 18.3. The van der Waals surface area contributed by atoms with Gasteiger partial charge in [-0.15, -0.1) is 0 Å². The molecule has 3 aromatic rings. The molecule has 194 valence electrons. The predicted octanol–water partition coefficient (Wildman–Crippen LogP) is 3.60. The minimum atomic E-state index is -0.572. The second kappa shape index (κ2) is 12.1. The Balaban J connectivity index is 1.94. The van der Waals surface area contributed by atoms with Crippen molar-refractivity contribution in [2.75, 3.05) is 14.2 Å². The summed E-state index contributed by atoms with van der Waals surface area (Å²) in [6, 6.07) is 15.8. The molecule has 2 aromatic carbocycles. The van der Waals surface area contributed by atoms with Gasteiger partial charge >= 0.3 is 11.7 Å². The summed E-state index contributed by atoms with van der Waals surface area (Å²) in [5.74, 6) is 6.85. The highest BCUT2D eigenvalue weighted by Gasteiger charge is 2.15. The minimum absolute atomic E-state index is 0.108. The van der Waals surface area contributed by atoms with E-state index in [1.54, 1.807) is 59.3 Å². The lowest BCUT2D eigenvalue weighted by Crippen LogP contribution is -2.41. The van der Waals surface area contributed by atoms with Crippen LogP contribution in [0.15, 0.2) is 64.2 Å². The van der Waals surface area contributed by atoms with Crippen LogP contribution in [0.5, 0.6) is 11.5 Å². The van der Waals surface area contributed by atoms with Gasteiger partial charge in [-0.05, 0) is 62.1 Å². The van der Waals surface area contributed by atoms with Gasteiger partial charge in [0.2, 0.25) is 0 Å². The molecule has 1 heterocycles. The molecule has 37 heavy (non-hydrogen) atoms. The highest BCUT2D eigenvalue weighted by atomic mass is 16.6. The number of rotatable bonds is 8. The minimum Gasteiger partial charge on any atom is -0.497 e. The van der Waals surface area contributed by atoms with Crippen LogP contribution in [0.4, 0.5) is 0 Å². The molecule has 0 N–H and O–H groups in total. The molecule has 0 saturated heterocycles. The zero-order chi connectivity index (χ0) is 27.0.